The van der Waals surface area contributed by atoms with Crippen molar-refractivity contribution in [3.8, 4) is 0 Å². The van der Waals surface area contributed by atoms with Crippen LogP contribution in [0.3, 0.4) is 0 Å². The Bertz CT molecular complexity index is 492. The largest absolute Gasteiger partial charge is 0.385 e. The van der Waals surface area contributed by atoms with Crippen LogP contribution in [0.5, 0.6) is 0 Å². The average molecular weight is 278 g/mol. The quantitative estimate of drug-likeness (QED) is 0.754. The van der Waals surface area contributed by atoms with Crippen molar-refractivity contribution in [2.75, 3.05) is 30.8 Å². The van der Waals surface area contributed by atoms with Crippen LogP contribution in [0, 0.1) is 0 Å². The normalized spacial score (nSPS) is 29.4. The fourth-order valence-electron chi connectivity index (χ4n) is 2.46. The zero-order chi connectivity index (χ0) is 14.2. The smallest absolute Gasteiger partial charge is 0.136 e. The molecule has 110 valence electrons. The summed E-state index contributed by atoms with van der Waals surface area (Å²) in [4.78, 5) is 9.02. The van der Waals surface area contributed by atoms with Gasteiger partial charge < -0.3 is 20.5 Å². The maximum atomic E-state index is 10.5. The molecule has 3 rings (SSSR count). The molecule has 0 spiro atoms. The molecule has 2 aliphatic rings. The van der Waals surface area contributed by atoms with Crippen LogP contribution in [0.2, 0.25) is 0 Å². The fraction of sp³-hybridized carbons (Fsp3) is 0.714. The molecular weight excluding hydrogens is 256 g/mol. The Kier molecular flexibility index (Phi) is 3.52. The minimum atomic E-state index is -0.815. The van der Waals surface area contributed by atoms with Crippen LogP contribution in [-0.4, -0.2) is 47.0 Å². The molecular formula is C14H22N4O2. The number of aromatic nitrogens is 2. The van der Waals surface area contributed by atoms with Crippen molar-refractivity contribution in [1.82, 2.24) is 9.97 Å². The Morgan fingerprint density at radius 1 is 1.40 bits per heavy atom. The van der Waals surface area contributed by atoms with Gasteiger partial charge in [-0.05, 0) is 19.8 Å². The molecule has 1 aliphatic carbocycles. The van der Waals surface area contributed by atoms with Crippen molar-refractivity contribution in [1.29, 1.82) is 0 Å². The van der Waals surface area contributed by atoms with Crippen molar-refractivity contribution < 1.29 is 9.84 Å². The molecule has 0 radical (unpaired) electrons. The summed E-state index contributed by atoms with van der Waals surface area (Å²) < 4.78 is 5.44. The summed E-state index contributed by atoms with van der Waals surface area (Å²) in [7, 11) is 1.85. The number of anilines is 2. The summed E-state index contributed by atoms with van der Waals surface area (Å²) in [5.74, 6) is 2.97. The SMILES string of the molecule is CNc1cc(NCC2(O)CCOC2C)nc(C2CC2)n1. The predicted molar refractivity (Wildman–Crippen MR) is 77.0 cm³/mol. The second-order valence-corrected chi connectivity index (χ2v) is 5.74. The molecule has 2 atom stereocenters. The van der Waals surface area contributed by atoms with Gasteiger partial charge in [0.2, 0.25) is 0 Å². The van der Waals surface area contributed by atoms with Crippen LogP contribution >= 0.6 is 0 Å². The number of rotatable bonds is 5. The molecule has 2 unspecified atom stereocenters. The molecule has 2 fully saturated rings. The zero-order valence-corrected chi connectivity index (χ0v) is 12.0. The van der Waals surface area contributed by atoms with E-state index in [0.717, 1.165) is 17.5 Å². The molecule has 1 aromatic heterocycles. The maximum absolute atomic E-state index is 10.5. The number of aliphatic hydroxyl groups is 1. The van der Waals surface area contributed by atoms with Crippen molar-refractivity contribution in [3.05, 3.63) is 11.9 Å². The predicted octanol–water partition coefficient (Wildman–Crippen LogP) is 1.35. The summed E-state index contributed by atoms with van der Waals surface area (Å²) >= 11 is 0. The highest BCUT2D eigenvalue weighted by Gasteiger charge is 2.39. The van der Waals surface area contributed by atoms with Crippen molar-refractivity contribution in [2.24, 2.45) is 0 Å². The Hall–Kier alpha value is -1.40. The van der Waals surface area contributed by atoms with E-state index in [-0.39, 0.29) is 6.10 Å². The monoisotopic (exact) mass is 278 g/mol. The van der Waals surface area contributed by atoms with Gasteiger partial charge in [0.15, 0.2) is 0 Å². The highest BCUT2D eigenvalue weighted by atomic mass is 16.5. The third kappa shape index (κ3) is 2.71. The summed E-state index contributed by atoms with van der Waals surface area (Å²) in [5.41, 5.74) is -0.815. The first-order valence-corrected chi connectivity index (χ1v) is 7.25. The van der Waals surface area contributed by atoms with Gasteiger partial charge in [-0.25, -0.2) is 9.97 Å². The van der Waals surface area contributed by atoms with Crippen LogP contribution in [0.1, 0.15) is 37.9 Å². The Labute approximate surface area is 119 Å². The second-order valence-electron chi connectivity index (χ2n) is 5.74. The van der Waals surface area contributed by atoms with E-state index in [1.165, 1.54) is 12.8 Å². The molecule has 1 aromatic rings. The van der Waals surface area contributed by atoms with Gasteiger partial charge in [0.25, 0.3) is 0 Å². The maximum Gasteiger partial charge on any atom is 0.136 e. The van der Waals surface area contributed by atoms with Gasteiger partial charge in [0.05, 0.1) is 6.10 Å². The average Bonchev–Trinajstić information content (AvgIpc) is 3.24. The Morgan fingerprint density at radius 3 is 2.75 bits per heavy atom. The minimum absolute atomic E-state index is 0.150. The standard InChI is InChI=1S/C14H22N4O2/c1-9-14(19,5-6-20-9)8-16-12-7-11(15-2)17-13(18-12)10-3-4-10/h7,9-10,19H,3-6,8H2,1-2H3,(H2,15,16,17,18). The summed E-state index contributed by atoms with van der Waals surface area (Å²) in [6.07, 6.45) is 2.84. The number of hydrogen-bond donors (Lipinski definition) is 3. The van der Waals surface area contributed by atoms with Crippen molar-refractivity contribution in [3.63, 3.8) is 0 Å². The number of hydrogen-bond acceptors (Lipinski definition) is 6. The van der Waals surface area contributed by atoms with Gasteiger partial charge in [-0.2, -0.15) is 0 Å². The van der Waals surface area contributed by atoms with Gasteiger partial charge in [0, 0.05) is 38.6 Å². The summed E-state index contributed by atoms with van der Waals surface area (Å²) in [6.45, 7) is 2.96. The molecule has 6 heteroatoms. The van der Waals surface area contributed by atoms with Crippen LogP contribution in [0.15, 0.2) is 6.07 Å². The van der Waals surface area contributed by atoms with Crippen LogP contribution in [0.4, 0.5) is 11.6 Å². The molecule has 2 heterocycles. The van der Waals surface area contributed by atoms with Gasteiger partial charge in [0.1, 0.15) is 23.1 Å². The topological polar surface area (TPSA) is 79.3 Å². The molecule has 1 saturated carbocycles. The lowest BCUT2D eigenvalue weighted by atomic mass is 9.97. The molecule has 1 aliphatic heterocycles. The highest BCUT2D eigenvalue weighted by Crippen LogP contribution is 2.38. The third-order valence-corrected chi connectivity index (χ3v) is 4.18. The van der Waals surface area contributed by atoms with Crippen LogP contribution in [-0.2, 0) is 4.74 Å². The number of ether oxygens (including phenoxy) is 1. The molecule has 6 nitrogen and oxygen atoms in total. The first-order valence-electron chi connectivity index (χ1n) is 7.25. The first kappa shape index (κ1) is 13.6. The van der Waals surface area contributed by atoms with E-state index >= 15 is 0 Å². The molecule has 1 saturated heterocycles. The molecule has 0 aromatic carbocycles. The van der Waals surface area contributed by atoms with Gasteiger partial charge in [-0.15, -0.1) is 0 Å². The van der Waals surface area contributed by atoms with E-state index in [2.05, 4.69) is 20.6 Å². The summed E-state index contributed by atoms with van der Waals surface area (Å²) in [5, 5.41) is 16.8. The van der Waals surface area contributed by atoms with Crippen molar-refractivity contribution >= 4 is 11.6 Å². The lowest BCUT2D eigenvalue weighted by Gasteiger charge is -2.26. The minimum Gasteiger partial charge on any atom is -0.385 e. The molecule has 0 bridgehead atoms. The van der Waals surface area contributed by atoms with Gasteiger partial charge >= 0.3 is 0 Å². The number of nitrogens with zero attached hydrogens (tertiary/aromatic N) is 2. The van der Waals surface area contributed by atoms with Gasteiger partial charge in [-0.3, -0.25) is 0 Å². The summed E-state index contributed by atoms with van der Waals surface area (Å²) in [6, 6.07) is 1.87. The van der Waals surface area contributed by atoms with E-state index in [0.29, 0.717) is 25.5 Å². The van der Waals surface area contributed by atoms with E-state index < -0.39 is 5.60 Å². The third-order valence-electron chi connectivity index (χ3n) is 4.18. The molecule has 3 N–H and O–H groups in total. The van der Waals surface area contributed by atoms with E-state index in [9.17, 15) is 5.11 Å². The zero-order valence-electron chi connectivity index (χ0n) is 12.0. The number of nitrogens with one attached hydrogen (secondary N) is 2. The lowest BCUT2D eigenvalue weighted by molar-refractivity contribution is -0.0176. The van der Waals surface area contributed by atoms with Crippen LogP contribution < -0.4 is 10.6 Å². The van der Waals surface area contributed by atoms with E-state index in [4.69, 9.17) is 4.74 Å². The van der Waals surface area contributed by atoms with Crippen molar-refractivity contribution in [2.45, 2.75) is 43.8 Å². The molecule has 0 amide bonds. The first-order chi connectivity index (χ1) is 9.60. The van der Waals surface area contributed by atoms with Crippen LogP contribution in [0.25, 0.3) is 0 Å². The fourth-order valence-corrected chi connectivity index (χ4v) is 2.46. The second kappa shape index (κ2) is 5.18. The Balaban J connectivity index is 1.71. The molecule has 20 heavy (non-hydrogen) atoms. The van der Waals surface area contributed by atoms with E-state index in [1.807, 2.05) is 20.0 Å². The Morgan fingerprint density at radius 2 is 2.15 bits per heavy atom. The lowest BCUT2D eigenvalue weighted by Crippen LogP contribution is -2.43. The van der Waals surface area contributed by atoms with Gasteiger partial charge in [-0.1, -0.05) is 0 Å². The van der Waals surface area contributed by atoms with E-state index in [1.54, 1.807) is 0 Å². The highest BCUT2D eigenvalue weighted by molar-refractivity contribution is 5.48.